The molecule has 0 atom stereocenters. The zero-order chi connectivity index (χ0) is 19.8. The Labute approximate surface area is 163 Å². The van der Waals surface area contributed by atoms with Crippen molar-refractivity contribution in [2.24, 2.45) is 15.8 Å². The third kappa shape index (κ3) is 4.29. The number of rotatable bonds is 2. The highest BCUT2D eigenvalue weighted by Crippen LogP contribution is 2.29. The number of aliphatic imine (C=N–C) groups is 1. The predicted molar refractivity (Wildman–Crippen MR) is 113 cm³/mol. The number of amidine groups is 1. The molecule has 0 spiro atoms. The van der Waals surface area contributed by atoms with Gasteiger partial charge in [-0.25, -0.2) is 0 Å². The number of hydrogen-bond acceptors (Lipinski definition) is 2. The highest BCUT2D eigenvalue weighted by Gasteiger charge is 2.37. The molecule has 0 unspecified atom stereocenters. The molecule has 1 aliphatic rings. The molecule has 1 heterocycles. The van der Waals surface area contributed by atoms with E-state index in [0.717, 1.165) is 17.9 Å². The maximum absolute atomic E-state index is 13.1. The summed E-state index contributed by atoms with van der Waals surface area (Å²) >= 11 is 0. The van der Waals surface area contributed by atoms with E-state index in [1.165, 1.54) is 16.7 Å². The topological polar surface area (TPSA) is 32.7 Å². The minimum absolute atomic E-state index is 0.00769. The molecular weight excluding hydrogens is 332 g/mol. The Morgan fingerprint density at radius 3 is 1.93 bits per heavy atom. The van der Waals surface area contributed by atoms with Gasteiger partial charge in [-0.2, -0.15) is 0 Å². The van der Waals surface area contributed by atoms with Gasteiger partial charge >= 0.3 is 0 Å². The van der Waals surface area contributed by atoms with Crippen molar-refractivity contribution >= 4 is 11.7 Å². The molecule has 0 aliphatic carbocycles. The minimum Gasteiger partial charge on any atom is -0.296 e. The summed E-state index contributed by atoms with van der Waals surface area (Å²) in [5.41, 5.74) is 4.18. The zero-order valence-electron chi connectivity index (χ0n) is 17.3. The van der Waals surface area contributed by atoms with Crippen LogP contribution in [-0.4, -0.2) is 29.7 Å². The van der Waals surface area contributed by atoms with Crippen LogP contribution in [0.5, 0.6) is 0 Å². The van der Waals surface area contributed by atoms with Crippen LogP contribution in [0.25, 0.3) is 11.1 Å². The summed E-state index contributed by atoms with van der Waals surface area (Å²) in [4.78, 5) is 19.7. The van der Waals surface area contributed by atoms with Gasteiger partial charge in [0.2, 0.25) is 5.91 Å². The van der Waals surface area contributed by atoms with Gasteiger partial charge in [0, 0.05) is 29.5 Å². The predicted octanol–water partition coefficient (Wildman–Crippen LogP) is 5.32. The highest BCUT2D eigenvalue weighted by atomic mass is 16.2. The monoisotopic (exact) mass is 362 g/mol. The molecule has 2 aromatic rings. The van der Waals surface area contributed by atoms with E-state index in [9.17, 15) is 4.79 Å². The third-order valence-corrected chi connectivity index (χ3v) is 4.91. The number of benzene rings is 2. The van der Waals surface area contributed by atoms with Crippen LogP contribution in [0, 0.1) is 17.8 Å². The van der Waals surface area contributed by atoms with E-state index in [1.807, 2.05) is 25.7 Å². The Morgan fingerprint density at radius 2 is 1.41 bits per heavy atom. The number of nitrogens with zero attached hydrogens (tertiary/aromatic N) is 2. The lowest BCUT2D eigenvalue weighted by Gasteiger charge is -2.39. The van der Waals surface area contributed by atoms with E-state index in [0.29, 0.717) is 6.54 Å². The SMILES string of the molecule is Cc1ccc(-c2ccc(C3=NCC(C)(C)CN3C(=O)C(C)(C)C)cc2)cc1. The average Bonchev–Trinajstić information content (AvgIpc) is 2.60. The van der Waals surface area contributed by atoms with Crippen LogP contribution in [-0.2, 0) is 4.79 Å². The maximum Gasteiger partial charge on any atom is 0.233 e. The van der Waals surface area contributed by atoms with Crippen LogP contribution in [0.4, 0.5) is 0 Å². The molecule has 142 valence electrons. The summed E-state index contributed by atoms with van der Waals surface area (Å²) in [6.07, 6.45) is 0. The fourth-order valence-electron chi connectivity index (χ4n) is 3.30. The first-order chi connectivity index (χ1) is 12.6. The van der Waals surface area contributed by atoms with Crippen LogP contribution in [0.2, 0.25) is 0 Å². The van der Waals surface area contributed by atoms with Crippen molar-refractivity contribution in [3.63, 3.8) is 0 Å². The second-order valence-corrected chi connectivity index (χ2v) is 9.39. The zero-order valence-corrected chi connectivity index (χ0v) is 17.3. The first-order valence-electron chi connectivity index (χ1n) is 9.61. The Bertz CT molecular complexity index is 853. The summed E-state index contributed by atoms with van der Waals surface area (Å²) < 4.78 is 0. The molecule has 3 nitrogen and oxygen atoms in total. The lowest BCUT2D eigenvalue weighted by atomic mass is 9.87. The smallest absolute Gasteiger partial charge is 0.233 e. The largest absolute Gasteiger partial charge is 0.296 e. The van der Waals surface area contributed by atoms with Crippen molar-refractivity contribution in [1.82, 2.24) is 4.90 Å². The van der Waals surface area contributed by atoms with Gasteiger partial charge in [0.15, 0.2) is 0 Å². The molecule has 1 aliphatic heterocycles. The molecule has 0 fully saturated rings. The molecule has 0 saturated heterocycles. The maximum atomic E-state index is 13.1. The molecule has 27 heavy (non-hydrogen) atoms. The summed E-state index contributed by atoms with van der Waals surface area (Å²) in [5, 5.41) is 0. The van der Waals surface area contributed by atoms with Crippen LogP contribution in [0.1, 0.15) is 45.7 Å². The number of hydrogen-bond donors (Lipinski definition) is 0. The molecule has 0 radical (unpaired) electrons. The van der Waals surface area contributed by atoms with Gasteiger partial charge in [0.05, 0.1) is 0 Å². The summed E-state index contributed by atoms with van der Waals surface area (Å²) in [5.74, 6) is 0.918. The second kappa shape index (κ2) is 6.95. The Kier molecular flexibility index (Phi) is 4.98. The number of aryl methyl sites for hydroxylation is 1. The standard InChI is InChI=1S/C24H30N2O/c1-17-7-9-18(10-8-17)19-11-13-20(14-12-19)21-25-15-24(5,6)16-26(21)22(27)23(2,3)4/h7-14H,15-16H2,1-6H3. The fourth-order valence-corrected chi connectivity index (χ4v) is 3.30. The molecule has 0 bridgehead atoms. The molecule has 1 amide bonds. The van der Waals surface area contributed by atoms with Gasteiger partial charge in [-0.3, -0.25) is 14.7 Å². The molecule has 3 rings (SSSR count). The quantitative estimate of drug-likeness (QED) is 0.711. The lowest BCUT2D eigenvalue weighted by molar-refractivity contribution is -0.136. The molecule has 2 aromatic carbocycles. The van der Waals surface area contributed by atoms with Gasteiger partial charge < -0.3 is 0 Å². The Balaban J connectivity index is 1.94. The van der Waals surface area contributed by atoms with E-state index in [-0.39, 0.29) is 11.3 Å². The highest BCUT2D eigenvalue weighted by molar-refractivity contribution is 6.09. The number of carbonyl (C=O) groups excluding carboxylic acids is 1. The third-order valence-electron chi connectivity index (χ3n) is 4.91. The Morgan fingerprint density at radius 1 is 0.926 bits per heavy atom. The first kappa shape index (κ1) is 19.3. The van der Waals surface area contributed by atoms with Gasteiger partial charge in [-0.15, -0.1) is 0 Å². The van der Waals surface area contributed by atoms with Crippen LogP contribution >= 0.6 is 0 Å². The van der Waals surface area contributed by atoms with Crippen LogP contribution in [0.15, 0.2) is 53.5 Å². The molecule has 0 N–H and O–H groups in total. The molecule has 0 aromatic heterocycles. The van der Waals surface area contributed by atoms with Crippen molar-refractivity contribution in [3.05, 3.63) is 59.7 Å². The second-order valence-electron chi connectivity index (χ2n) is 9.39. The Hall–Kier alpha value is -2.42. The number of amides is 1. The molecular formula is C24H30N2O. The van der Waals surface area contributed by atoms with Crippen LogP contribution < -0.4 is 0 Å². The first-order valence-corrected chi connectivity index (χ1v) is 9.61. The van der Waals surface area contributed by atoms with E-state index in [4.69, 9.17) is 4.99 Å². The van der Waals surface area contributed by atoms with E-state index in [2.05, 4.69) is 69.3 Å². The summed E-state index contributed by atoms with van der Waals surface area (Å²) in [6.45, 7) is 13.8. The van der Waals surface area contributed by atoms with Gasteiger partial charge in [-0.05, 0) is 18.1 Å². The van der Waals surface area contributed by atoms with Crippen molar-refractivity contribution < 1.29 is 4.79 Å². The van der Waals surface area contributed by atoms with E-state index in [1.54, 1.807) is 0 Å². The van der Waals surface area contributed by atoms with Crippen molar-refractivity contribution in [2.45, 2.75) is 41.5 Å². The van der Waals surface area contributed by atoms with Gasteiger partial charge in [-0.1, -0.05) is 88.7 Å². The minimum atomic E-state index is -0.434. The summed E-state index contributed by atoms with van der Waals surface area (Å²) in [6, 6.07) is 16.9. The number of carbonyl (C=O) groups is 1. The van der Waals surface area contributed by atoms with Gasteiger partial charge in [0.1, 0.15) is 5.84 Å². The van der Waals surface area contributed by atoms with Crippen molar-refractivity contribution in [1.29, 1.82) is 0 Å². The van der Waals surface area contributed by atoms with E-state index >= 15 is 0 Å². The average molecular weight is 363 g/mol. The molecule has 3 heteroatoms. The lowest BCUT2D eigenvalue weighted by Crippen LogP contribution is -2.51. The van der Waals surface area contributed by atoms with E-state index < -0.39 is 5.41 Å². The fraction of sp³-hybridized carbons (Fsp3) is 0.417. The summed E-state index contributed by atoms with van der Waals surface area (Å²) in [7, 11) is 0. The normalized spacial score (nSPS) is 16.8. The molecule has 0 saturated carbocycles. The van der Waals surface area contributed by atoms with Crippen molar-refractivity contribution in [3.8, 4) is 11.1 Å². The van der Waals surface area contributed by atoms with Gasteiger partial charge in [0.25, 0.3) is 0 Å². The van der Waals surface area contributed by atoms with Crippen molar-refractivity contribution in [2.75, 3.05) is 13.1 Å². The van der Waals surface area contributed by atoms with Crippen LogP contribution in [0.3, 0.4) is 0 Å².